The second-order valence-electron chi connectivity index (χ2n) is 5.96. The molecule has 8 heteroatoms. The van der Waals surface area contributed by atoms with Crippen molar-refractivity contribution in [3.63, 3.8) is 0 Å². The normalized spacial score (nSPS) is 21.0. The van der Waals surface area contributed by atoms with Crippen LogP contribution in [0.5, 0.6) is 0 Å². The molecule has 2 amide bonds. The Kier molecular flexibility index (Phi) is 4.84. The van der Waals surface area contributed by atoms with Crippen LogP contribution in [0.3, 0.4) is 0 Å². The molecule has 0 bridgehead atoms. The largest absolute Gasteiger partial charge is 0.481 e. The van der Waals surface area contributed by atoms with Gasteiger partial charge in [0.2, 0.25) is 0 Å². The molecule has 1 aromatic carbocycles. The number of hydrogen-bond donors (Lipinski definition) is 2. The summed E-state index contributed by atoms with van der Waals surface area (Å²) < 4.78 is 18.9. The van der Waals surface area contributed by atoms with Crippen molar-refractivity contribution in [2.45, 2.75) is 6.42 Å². The molecule has 2 fully saturated rings. The maximum atomic E-state index is 13.6. The van der Waals surface area contributed by atoms with Gasteiger partial charge in [-0.05, 0) is 24.6 Å². The second-order valence-corrected chi connectivity index (χ2v) is 5.96. The molecular formula is C16H20FN3O4. The first-order chi connectivity index (χ1) is 11.5. The van der Waals surface area contributed by atoms with Crippen molar-refractivity contribution in [1.29, 1.82) is 0 Å². The number of carboxylic acid groups (broad SMARTS) is 1. The van der Waals surface area contributed by atoms with Gasteiger partial charge in [-0.2, -0.15) is 0 Å². The molecule has 130 valence electrons. The van der Waals surface area contributed by atoms with Gasteiger partial charge in [-0.1, -0.05) is 0 Å². The van der Waals surface area contributed by atoms with Crippen LogP contribution in [0.1, 0.15) is 6.42 Å². The number of likely N-dealkylation sites (tertiary alicyclic amines) is 1. The molecule has 2 heterocycles. The molecule has 0 aliphatic carbocycles. The van der Waals surface area contributed by atoms with Crippen LogP contribution in [-0.2, 0) is 9.53 Å². The highest BCUT2D eigenvalue weighted by atomic mass is 19.1. The van der Waals surface area contributed by atoms with Crippen molar-refractivity contribution < 1.29 is 23.8 Å². The third kappa shape index (κ3) is 3.59. The lowest BCUT2D eigenvalue weighted by atomic mass is 10.1. The molecule has 0 spiro atoms. The quantitative estimate of drug-likeness (QED) is 0.875. The van der Waals surface area contributed by atoms with Gasteiger partial charge in [0.1, 0.15) is 5.82 Å². The van der Waals surface area contributed by atoms with E-state index in [1.54, 1.807) is 0 Å². The zero-order valence-electron chi connectivity index (χ0n) is 13.2. The van der Waals surface area contributed by atoms with Crippen LogP contribution >= 0.6 is 0 Å². The molecule has 2 saturated heterocycles. The Labute approximate surface area is 139 Å². The Bertz CT molecular complexity index is 634. The van der Waals surface area contributed by atoms with E-state index in [4.69, 9.17) is 9.84 Å². The average Bonchev–Trinajstić information content (AvgIpc) is 3.08. The highest BCUT2D eigenvalue weighted by Gasteiger charge is 2.31. The minimum atomic E-state index is -0.888. The fourth-order valence-corrected chi connectivity index (χ4v) is 3.02. The van der Waals surface area contributed by atoms with Gasteiger partial charge in [-0.3, -0.25) is 4.79 Å². The number of carbonyl (C=O) groups excluding carboxylic acids is 1. The number of amides is 2. The molecule has 24 heavy (non-hydrogen) atoms. The maximum Gasteiger partial charge on any atom is 0.321 e. The highest BCUT2D eigenvalue weighted by molar-refractivity contribution is 5.93. The number of carbonyl (C=O) groups is 2. The average molecular weight is 337 g/mol. The first kappa shape index (κ1) is 16.5. The summed E-state index contributed by atoms with van der Waals surface area (Å²) in [5.74, 6) is -1.79. The fourth-order valence-electron chi connectivity index (χ4n) is 3.02. The maximum absolute atomic E-state index is 13.6. The number of aliphatic carboxylic acids is 1. The Balaban J connectivity index is 1.72. The van der Waals surface area contributed by atoms with E-state index >= 15 is 0 Å². The number of urea groups is 1. The summed E-state index contributed by atoms with van der Waals surface area (Å²) in [5.41, 5.74) is 1.13. The van der Waals surface area contributed by atoms with Crippen LogP contribution in [-0.4, -0.2) is 61.4 Å². The molecule has 2 aliphatic rings. The van der Waals surface area contributed by atoms with Gasteiger partial charge in [0, 0.05) is 26.2 Å². The number of ether oxygens (including phenoxy) is 1. The van der Waals surface area contributed by atoms with E-state index in [0.29, 0.717) is 50.6 Å². The lowest BCUT2D eigenvalue weighted by molar-refractivity contribution is -0.141. The summed E-state index contributed by atoms with van der Waals surface area (Å²) in [6, 6.07) is 3.86. The van der Waals surface area contributed by atoms with Gasteiger partial charge < -0.3 is 25.0 Å². The molecular weight excluding hydrogens is 317 g/mol. The van der Waals surface area contributed by atoms with Gasteiger partial charge in [-0.25, -0.2) is 9.18 Å². The van der Waals surface area contributed by atoms with Crippen molar-refractivity contribution in [2.75, 3.05) is 49.6 Å². The smallest absolute Gasteiger partial charge is 0.321 e. The molecule has 2 N–H and O–H groups in total. The van der Waals surface area contributed by atoms with Gasteiger partial charge in [-0.15, -0.1) is 0 Å². The SMILES string of the molecule is O=C(O)C1CCN(C(=O)Nc2ccc(F)cc2N2CCOCC2)C1. The number of rotatable bonds is 3. The van der Waals surface area contributed by atoms with E-state index in [1.165, 1.54) is 23.1 Å². The topological polar surface area (TPSA) is 82.1 Å². The van der Waals surface area contributed by atoms with Gasteiger partial charge in [0.05, 0.1) is 30.5 Å². The summed E-state index contributed by atoms with van der Waals surface area (Å²) in [6.07, 6.45) is 0.447. The summed E-state index contributed by atoms with van der Waals surface area (Å²) in [4.78, 5) is 26.8. The van der Waals surface area contributed by atoms with E-state index in [1.807, 2.05) is 4.90 Å². The Morgan fingerprint density at radius 3 is 2.67 bits per heavy atom. The van der Waals surface area contributed by atoms with Crippen LogP contribution in [0.2, 0.25) is 0 Å². The van der Waals surface area contributed by atoms with E-state index in [0.717, 1.165) is 0 Å². The number of carboxylic acids is 1. The van der Waals surface area contributed by atoms with Crippen LogP contribution in [0, 0.1) is 11.7 Å². The number of nitrogens with one attached hydrogen (secondary N) is 1. The first-order valence-corrected chi connectivity index (χ1v) is 7.95. The summed E-state index contributed by atoms with van der Waals surface area (Å²) in [6.45, 7) is 2.94. The molecule has 1 unspecified atom stereocenters. The molecule has 0 radical (unpaired) electrons. The molecule has 3 rings (SSSR count). The lowest BCUT2D eigenvalue weighted by Gasteiger charge is -2.31. The summed E-state index contributed by atoms with van der Waals surface area (Å²) in [7, 11) is 0. The van der Waals surface area contributed by atoms with E-state index < -0.39 is 11.9 Å². The van der Waals surface area contributed by atoms with E-state index in [2.05, 4.69) is 5.32 Å². The van der Waals surface area contributed by atoms with Crippen LogP contribution in [0.25, 0.3) is 0 Å². The Morgan fingerprint density at radius 2 is 2.00 bits per heavy atom. The zero-order valence-corrected chi connectivity index (χ0v) is 13.2. The number of nitrogens with zero attached hydrogens (tertiary/aromatic N) is 2. The number of halogens is 1. The second kappa shape index (κ2) is 7.04. The first-order valence-electron chi connectivity index (χ1n) is 7.95. The molecule has 2 aliphatic heterocycles. The molecule has 1 atom stereocenters. The Hall–Kier alpha value is -2.35. The predicted molar refractivity (Wildman–Crippen MR) is 85.8 cm³/mol. The minimum Gasteiger partial charge on any atom is -0.481 e. The zero-order chi connectivity index (χ0) is 17.1. The molecule has 0 aromatic heterocycles. The molecule has 7 nitrogen and oxygen atoms in total. The minimum absolute atomic E-state index is 0.190. The number of morpholine rings is 1. The van der Waals surface area contributed by atoms with Gasteiger partial charge >= 0.3 is 12.0 Å². The third-order valence-electron chi connectivity index (χ3n) is 4.38. The van der Waals surface area contributed by atoms with E-state index in [9.17, 15) is 14.0 Å². The Morgan fingerprint density at radius 1 is 1.25 bits per heavy atom. The number of anilines is 2. The third-order valence-corrected chi connectivity index (χ3v) is 4.38. The summed E-state index contributed by atoms with van der Waals surface area (Å²) >= 11 is 0. The van der Waals surface area contributed by atoms with Gasteiger partial charge in [0.25, 0.3) is 0 Å². The van der Waals surface area contributed by atoms with Crippen molar-refractivity contribution in [1.82, 2.24) is 4.90 Å². The molecule has 0 saturated carbocycles. The lowest BCUT2D eigenvalue weighted by Crippen LogP contribution is -2.38. The van der Waals surface area contributed by atoms with Crippen molar-refractivity contribution in [3.8, 4) is 0 Å². The van der Waals surface area contributed by atoms with Crippen molar-refractivity contribution >= 4 is 23.4 Å². The van der Waals surface area contributed by atoms with Crippen LogP contribution in [0.15, 0.2) is 18.2 Å². The van der Waals surface area contributed by atoms with Crippen molar-refractivity contribution in [3.05, 3.63) is 24.0 Å². The molecule has 1 aromatic rings. The summed E-state index contributed by atoms with van der Waals surface area (Å²) in [5, 5.41) is 11.8. The van der Waals surface area contributed by atoms with Gasteiger partial charge in [0.15, 0.2) is 0 Å². The monoisotopic (exact) mass is 337 g/mol. The standard InChI is InChI=1S/C16H20FN3O4/c17-12-1-2-13(14(9-12)19-5-7-24-8-6-19)18-16(23)20-4-3-11(10-20)15(21)22/h1-2,9,11H,3-8,10H2,(H,18,23)(H,21,22). The van der Waals surface area contributed by atoms with Crippen LogP contribution in [0.4, 0.5) is 20.6 Å². The number of hydrogen-bond acceptors (Lipinski definition) is 4. The van der Waals surface area contributed by atoms with E-state index in [-0.39, 0.29) is 18.4 Å². The van der Waals surface area contributed by atoms with Crippen LogP contribution < -0.4 is 10.2 Å². The van der Waals surface area contributed by atoms with Crippen molar-refractivity contribution in [2.24, 2.45) is 5.92 Å². The number of benzene rings is 1. The highest BCUT2D eigenvalue weighted by Crippen LogP contribution is 2.28. The fraction of sp³-hybridized carbons (Fsp3) is 0.500. The predicted octanol–water partition coefficient (Wildman–Crippen LogP) is 1.60.